The molecule has 126 valence electrons. The minimum absolute atomic E-state index is 0.137. The third-order valence-corrected chi connectivity index (χ3v) is 3.43. The molecule has 1 aliphatic rings. The average molecular weight is 323 g/mol. The van der Waals surface area contributed by atoms with E-state index in [1.807, 2.05) is 0 Å². The number of benzene rings is 1. The van der Waals surface area contributed by atoms with E-state index in [1.165, 1.54) is 12.1 Å². The van der Waals surface area contributed by atoms with E-state index < -0.39 is 11.0 Å². The molecule has 2 amide bonds. The van der Waals surface area contributed by atoms with Crippen LogP contribution in [0.3, 0.4) is 0 Å². The maximum absolute atomic E-state index is 11.7. The number of hydrogen-bond donors (Lipinski definition) is 2. The van der Waals surface area contributed by atoms with Crippen molar-refractivity contribution in [2.24, 2.45) is 0 Å². The minimum Gasteiger partial charge on any atom is -0.379 e. The smallest absolute Gasteiger partial charge is 0.319 e. The number of nitro benzene ring substituents is 1. The lowest BCUT2D eigenvalue weighted by Gasteiger charge is -2.10. The Morgan fingerprint density at radius 3 is 3.00 bits per heavy atom. The van der Waals surface area contributed by atoms with Crippen molar-refractivity contribution < 1.29 is 19.2 Å². The first-order valence-electron chi connectivity index (χ1n) is 7.64. The first kappa shape index (κ1) is 17.2. The maximum atomic E-state index is 11.7. The number of carbonyl (C=O) groups excluding carboxylic acids is 1. The van der Waals surface area contributed by atoms with Gasteiger partial charge < -0.3 is 20.1 Å². The monoisotopic (exact) mass is 323 g/mol. The lowest BCUT2D eigenvalue weighted by atomic mass is 10.2. The van der Waals surface area contributed by atoms with Crippen LogP contribution in [0.15, 0.2) is 24.3 Å². The molecule has 8 nitrogen and oxygen atoms in total. The highest BCUT2D eigenvalue weighted by Crippen LogP contribution is 2.22. The van der Waals surface area contributed by atoms with Crippen LogP contribution in [0.25, 0.3) is 0 Å². The molecule has 1 fully saturated rings. The van der Waals surface area contributed by atoms with Gasteiger partial charge in [-0.25, -0.2) is 4.79 Å². The van der Waals surface area contributed by atoms with Crippen LogP contribution >= 0.6 is 0 Å². The Balaban J connectivity index is 1.61. The lowest BCUT2D eigenvalue weighted by Crippen LogP contribution is -2.30. The summed E-state index contributed by atoms with van der Waals surface area (Å²) in [5.74, 6) is 0. The number of carbonyl (C=O) groups is 1. The molecule has 0 aromatic heterocycles. The van der Waals surface area contributed by atoms with Crippen molar-refractivity contribution in [3.8, 4) is 0 Å². The Hall–Kier alpha value is -2.19. The van der Waals surface area contributed by atoms with Gasteiger partial charge in [-0.15, -0.1) is 0 Å². The quantitative estimate of drug-likeness (QED) is 0.434. The second kappa shape index (κ2) is 9.06. The topological polar surface area (TPSA) is 103 Å². The summed E-state index contributed by atoms with van der Waals surface area (Å²) < 4.78 is 10.9. The van der Waals surface area contributed by atoms with Crippen molar-refractivity contribution in [3.63, 3.8) is 0 Å². The van der Waals surface area contributed by atoms with Crippen LogP contribution in [0.5, 0.6) is 0 Å². The molecular formula is C15H21N3O5. The number of nitrogens with zero attached hydrogens (tertiary/aromatic N) is 1. The molecule has 1 saturated heterocycles. The highest BCUT2D eigenvalue weighted by Gasteiger charge is 2.15. The Kier molecular flexibility index (Phi) is 6.76. The van der Waals surface area contributed by atoms with Gasteiger partial charge in [0, 0.05) is 25.8 Å². The van der Waals surface area contributed by atoms with Crippen molar-refractivity contribution in [1.82, 2.24) is 5.32 Å². The number of ether oxygens (including phenoxy) is 2. The van der Waals surface area contributed by atoms with Gasteiger partial charge in [0.25, 0.3) is 5.69 Å². The molecule has 1 heterocycles. The van der Waals surface area contributed by atoms with Gasteiger partial charge in [0.15, 0.2) is 0 Å². The molecule has 2 rings (SSSR count). The summed E-state index contributed by atoms with van der Waals surface area (Å²) in [6.45, 7) is 2.35. The standard InChI is InChI=1S/C15H21N3O5/c19-15(17-13-6-1-2-7-14(13)18(20)21)16-8-4-9-22-11-12-5-3-10-23-12/h1-2,6-7,12H,3-5,8-11H2,(H2,16,17,19)/t12-/m1/s1. The van der Waals surface area contributed by atoms with Gasteiger partial charge in [0.05, 0.1) is 17.6 Å². The van der Waals surface area contributed by atoms with Gasteiger partial charge >= 0.3 is 6.03 Å². The molecule has 1 aromatic rings. The number of urea groups is 1. The molecule has 1 atom stereocenters. The molecule has 0 bridgehead atoms. The van der Waals surface area contributed by atoms with E-state index in [1.54, 1.807) is 12.1 Å². The Labute approximate surface area is 134 Å². The van der Waals surface area contributed by atoms with Gasteiger partial charge in [-0.1, -0.05) is 12.1 Å². The lowest BCUT2D eigenvalue weighted by molar-refractivity contribution is -0.383. The van der Waals surface area contributed by atoms with Crippen molar-refractivity contribution in [1.29, 1.82) is 0 Å². The Morgan fingerprint density at radius 2 is 2.26 bits per heavy atom. The van der Waals surface area contributed by atoms with E-state index in [0.717, 1.165) is 19.4 Å². The minimum atomic E-state index is -0.533. The normalized spacial score (nSPS) is 17.0. The maximum Gasteiger partial charge on any atom is 0.319 e. The van der Waals surface area contributed by atoms with E-state index in [4.69, 9.17) is 9.47 Å². The molecule has 23 heavy (non-hydrogen) atoms. The summed E-state index contributed by atoms with van der Waals surface area (Å²) in [7, 11) is 0. The van der Waals surface area contributed by atoms with Gasteiger partial charge in [0.1, 0.15) is 5.69 Å². The zero-order chi connectivity index (χ0) is 16.5. The fraction of sp³-hybridized carbons (Fsp3) is 0.533. The number of hydrogen-bond acceptors (Lipinski definition) is 5. The SMILES string of the molecule is O=C(NCCCOC[C@H]1CCCO1)Nc1ccccc1[N+](=O)[O-]. The highest BCUT2D eigenvalue weighted by molar-refractivity contribution is 5.91. The van der Waals surface area contributed by atoms with Crippen LogP contribution in [0.4, 0.5) is 16.2 Å². The van der Waals surface area contributed by atoms with Crippen molar-refractivity contribution in [2.45, 2.75) is 25.4 Å². The molecule has 2 N–H and O–H groups in total. The van der Waals surface area contributed by atoms with E-state index in [2.05, 4.69) is 10.6 Å². The molecule has 0 spiro atoms. The van der Waals surface area contributed by atoms with Crippen molar-refractivity contribution in [3.05, 3.63) is 34.4 Å². The average Bonchev–Trinajstić information content (AvgIpc) is 3.04. The van der Waals surface area contributed by atoms with Crippen LogP contribution in [-0.2, 0) is 9.47 Å². The fourth-order valence-corrected chi connectivity index (χ4v) is 2.27. The van der Waals surface area contributed by atoms with Crippen LogP contribution in [0, 0.1) is 10.1 Å². The number of anilines is 1. The predicted octanol–water partition coefficient (Wildman–Crippen LogP) is 2.30. The van der Waals surface area contributed by atoms with Gasteiger partial charge in [-0.2, -0.15) is 0 Å². The molecular weight excluding hydrogens is 302 g/mol. The van der Waals surface area contributed by atoms with Crippen LogP contribution < -0.4 is 10.6 Å². The first-order chi connectivity index (χ1) is 11.2. The van der Waals surface area contributed by atoms with Gasteiger partial charge in [0.2, 0.25) is 0 Å². The summed E-state index contributed by atoms with van der Waals surface area (Å²) >= 11 is 0. The number of rotatable bonds is 8. The molecule has 0 radical (unpaired) electrons. The highest BCUT2D eigenvalue weighted by atomic mass is 16.6. The summed E-state index contributed by atoms with van der Waals surface area (Å²) in [6.07, 6.45) is 2.99. The number of amides is 2. The van der Waals surface area contributed by atoms with Gasteiger partial charge in [-0.05, 0) is 25.3 Å². The second-order valence-corrected chi connectivity index (χ2v) is 5.22. The van der Waals surface area contributed by atoms with Crippen LogP contribution in [0.1, 0.15) is 19.3 Å². The summed E-state index contributed by atoms with van der Waals surface area (Å²) in [4.78, 5) is 22.0. The summed E-state index contributed by atoms with van der Waals surface area (Å²) in [6, 6.07) is 5.53. The third-order valence-electron chi connectivity index (χ3n) is 3.43. The van der Waals surface area contributed by atoms with Crippen LogP contribution in [-0.4, -0.2) is 43.4 Å². The number of para-hydroxylation sites is 2. The van der Waals surface area contributed by atoms with Gasteiger partial charge in [-0.3, -0.25) is 10.1 Å². The molecule has 1 aliphatic heterocycles. The van der Waals surface area contributed by atoms with E-state index >= 15 is 0 Å². The number of nitro groups is 1. The third kappa shape index (κ3) is 5.84. The van der Waals surface area contributed by atoms with Crippen LogP contribution in [0.2, 0.25) is 0 Å². The zero-order valence-corrected chi connectivity index (χ0v) is 12.8. The van der Waals surface area contributed by atoms with Crippen molar-refractivity contribution in [2.75, 3.05) is 31.7 Å². The van der Waals surface area contributed by atoms with E-state index in [0.29, 0.717) is 26.2 Å². The second-order valence-electron chi connectivity index (χ2n) is 5.22. The fourth-order valence-electron chi connectivity index (χ4n) is 2.27. The van der Waals surface area contributed by atoms with E-state index in [-0.39, 0.29) is 17.5 Å². The summed E-state index contributed by atoms with van der Waals surface area (Å²) in [5.41, 5.74) is 0.0344. The summed E-state index contributed by atoms with van der Waals surface area (Å²) in [5, 5.41) is 16.0. The van der Waals surface area contributed by atoms with Crippen molar-refractivity contribution >= 4 is 17.4 Å². The predicted molar refractivity (Wildman–Crippen MR) is 84.5 cm³/mol. The Bertz CT molecular complexity index is 532. The molecule has 1 aromatic carbocycles. The molecule has 8 heteroatoms. The number of nitrogens with one attached hydrogen (secondary N) is 2. The zero-order valence-electron chi connectivity index (χ0n) is 12.8. The first-order valence-corrected chi connectivity index (χ1v) is 7.64. The molecule has 0 saturated carbocycles. The largest absolute Gasteiger partial charge is 0.379 e. The van der Waals surface area contributed by atoms with E-state index in [9.17, 15) is 14.9 Å². The molecule has 0 unspecified atom stereocenters. The Morgan fingerprint density at radius 1 is 1.43 bits per heavy atom. The molecule has 0 aliphatic carbocycles.